The van der Waals surface area contributed by atoms with Gasteiger partial charge in [-0.2, -0.15) is 0 Å². The highest BCUT2D eigenvalue weighted by Crippen LogP contribution is 2.44. The molecule has 0 bridgehead atoms. The first-order valence-corrected chi connectivity index (χ1v) is 10.1. The fraction of sp³-hybridized carbons (Fsp3) is 0.455. The molecule has 2 aromatic heterocycles. The lowest BCUT2D eigenvalue weighted by Crippen LogP contribution is -2.48. The molecule has 1 N–H and O–H groups in total. The number of aromatic amines is 1. The van der Waals surface area contributed by atoms with Crippen molar-refractivity contribution in [1.29, 1.82) is 0 Å². The molecule has 5 rings (SSSR count). The fourth-order valence-corrected chi connectivity index (χ4v) is 5.25. The van der Waals surface area contributed by atoms with E-state index in [9.17, 15) is 4.79 Å². The number of piperidine rings is 1. The van der Waals surface area contributed by atoms with E-state index in [-0.39, 0.29) is 5.97 Å². The Balaban J connectivity index is 1.38. The lowest BCUT2D eigenvalue weighted by molar-refractivity contribution is 0.0520. The molecule has 146 valence electrons. The van der Waals surface area contributed by atoms with E-state index >= 15 is 0 Å². The van der Waals surface area contributed by atoms with Gasteiger partial charge in [0, 0.05) is 48.3 Å². The van der Waals surface area contributed by atoms with Crippen molar-refractivity contribution in [3.05, 3.63) is 53.7 Å². The van der Waals surface area contributed by atoms with Gasteiger partial charge in [0.2, 0.25) is 0 Å². The molecule has 3 atom stereocenters. The van der Waals surface area contributed by atoms with Crippen molar-refractivity contribution in [2.75, 3.05) is 20.2 Å². The normalized spacial score (nSPS) is 24.3. The van der Waals surface area contributed by atoms with Crippen LogP contribution in [0.15, 0.2) is 36.9 Å². The number of hydrogen-bond acceptors (Lipinski definition) is 4. The number of ether oxygens (including phenoxy) is 1. The van der Waals surface area contributed by atoms with Crippen LogP contribution in [-0.2, 0) is 17.7 Å². The maximum absolute atomic E-state index is 11.9. The monoisotopic (exact) mass is 378 g/mol. The molecule has 1 saturated heterocycles. The highest BCUT2D eigenvalue weighted by Gasteiger charge is 2.39. The van der Waals surface area contributed by atoms with Gasteiger partial charge < -0.3 is 19.2 Å². The number of rotatable bonds is 4. The second-order valence-electron chi connectivity index (χ2n) is 8.18. The third-order valence-corrected chi connectivity index (χ3v) is 6.40. The summed E-state index contributed by atoms with van der Waals surface area (Å²) in [6, 6.07) is 7.21. The van der Waals surface area contributed by atoms with Crippen molar-refractivity contribution >= 4 is 16.9 Å². The summed E-state index contributed by atoms with van der Waals surface area (Å²) in [4.78, 5) is 22.1. The number of likely N-dealkylation sites (N-methyl/N-ethyl adjacent to an activating group) is 1. The molecule has 3 aromatic rings. The molecule has 0 radical (unpaired) electrons. The predicted octanol–water partition coefficient (Wildman–Crippen LogP) is 3.20. The van der Waals surface area contributed by atoms with Gasteiger partial charge in [-0.3, -0.25) is 0 Å². The van der Waals surface area contributed by atoms with Crippen molar-refractivity contribution in [2.45, 2.75) is 38.3 Å². The number of H-pyrrole nitrogens is 1. The molecule has 1 aromatic carbocycles. The van der Waals surface area contributed by atoms with Crippen LogP contribution in [0.2, 0.25) is 0 Å². The third kappa shape index (κ3) is 2.83. The summed E-state index contributed by atoms with van der Waals surface area (Å²) in [5, 5.41) is 1.44. The van der Waals surface area contributed by atoms with Gasteiger partial charge in [-0.15, -0.1) is 0 Å². The van der Waals surface area contributed by atoms with E-state index in [2.05, 4.69) is 46.3 Å². The van der Waals surface area contributed by atoms with E-state index in [0.717, 1.165) is 25.9 Å². The second kappa shape index (κ2) is 6.78. The van der Waals surface area contributed by atoms with E-state index in [4.69, 9.17) is 4.74 Å². The zero-order valence-electron chi connectivity index (χ0n) is 16.4. The first-order valence-electron chi connectivity index (χ1n) is 10.1. The third-order valence-electron chi connectivity index (χ3n) is 6.40. The molecule has 6 nitrogen and oxygen atoms in total. The zero-order chi connectivity index (χ0) is 19.3. The minimum Gasteiger partial charge on any atom is -0.461 e. The second-order valence-corrected chi connectivity index (χ2v) is 8.18. The van der Waals surface area contributed by atoms with E-state index in [1.807, 2.05) is 17.7 Å². The van der Waals surface area contributed by atoms with Crippen LogP contribution in [0, 0.1) is 5.92 Å². The van der Waals surface area contributed by atoms with Crippen LogP contribution < -0.4 is 0 Å². The van der Waals surface area contributed by atoms with E-state index in [0.29, 0.717) is 30.2 Å². The van der Waals surface area contributed by atoms with Crippen molar-refractivity contribution in [3.63, 3.8) is 0 Å². The average molecular weight is 378 g/mol. The fourth-order valence-electron chi connectivity index (χ4n) is 5.25. The topological polar surface area (TPSA) is 63.1 Å². The molecule has 0 unspecified atom stereocenters. The first-order chi connectivity index (χ1) is 13.6. The van der Waals surface area contributed by atoms with Crippen molar-refractivity contribution < 1.29 is 9.53 Å². The van der Waals surface area contributed by atoms with Gasteiger partial charge in [-0.05, 0) is 49.9 Å². The summed E-state index contributed by atoms with van der Waals surface area (Å²) in [5.74, 6) is 0.719. The summed E-state index contributed by atoms with van der Waals surface area (Å²) >= 11 is 0. The lowest BCUT2D eigenvalue weighted by atomic mass is 9.72. The number of nitrogens with zero attached hydrogens (tertiary/aromatic N) is 3. The Morgan fingerprint density at radius 3 is 3.14 bits per heavy atom. The van der Waals surface area contributed by atoms with Gasteiger partial charge in [0.15, 0.2) is 5.69 Å². The van der Waals surface area contributed by atoms with Gasteiger partial charge in [0.05, 0.1) is 12.9 Å². The summed E-state index contributed by atoms with van der Waals surface area (Å²) in [6.45, 7) is 4.11. The van der Waals surface area contributed by atoms with Crippen molar-refractivity contribution in [2.24, 2.45) is 5.92 Å². The summed E-state index contributed by atoms with van der Waals surface area (Å²) in [5.41, 5.74) is 4.58. The Bertz CT molecular complexity index is 1020. The molecular weight excluding hydrogens is 352 g/mol. The maximum Gasteiger partial charge on any atom is 0.358 e. The first kappa shape index (κ1) is 17.5. The molecule has 1 aliphatic carbocycles. The molecule has 1 aliphatic heterocycles. The molecule has 0 amide bonds. The highest BCUT2D eigenvalue weighted by molar-refractivity contribution is 5.88. The molecule has 6 heteroatoms. The summed E-state index contributed by atoms with van der Waals surface area (Å²) < 4.78 is 7.09. The maximum atomic E-state index is 11.9. The number of carbonyl (C=O) groups excluding carboxylic acids is 1. The predicted molar refractivity (Wildman–Crippen MR) is 107 cm³/mol. The number of fused-ring (bicyclic) bond motifs is 2. The van der Waals surface area contributed by atoms with Crippen LogP contribution >= 0.6 is 0 Å². The van der Waals surface area contributed by atoms with Crippen LogP contribution in [0.3, 0.4) is 0 Å². The largest absolute Gasteiger partial charge is 0.461 e. The molecule has 28 heavy (non-hydrogen) atoms. The smallest absolute Gasteiger partial charge is 0.358 e. The van der Waals surface area contributed by atoms with Gasteiger partial charge in [0.1, 0.15) is 0 Å². The van der Waals surface area contributed by atoms with Gasteiger partial charge in [-0.1, -0.05) is 12.1 Å². The molecule has 1 fully saturated rings. The Morgan fingerprint density at radius 1 is 1.39 bits per heavy atom. The van der Waals surface area contributed by atoms with E-state index in [1.54, 1.807) is 6.33 Å². The standard InChI is InChI=1S/C22H26N4O2/c1-3-28-22(27)19-12-26(13-24-19)11-14-7-17-16-5-4-6-18-21(16)15(9-23-18)8-20(17)25(2)10-14/h4-6,9,12-14,17,20,23H,3,7-8,10-11H2,1-2H3/t14-,17-,20-/m1/s1. The molecule has 0 saturated carbocycles. The van der Waals surface area contributed by atoms with Gasteiger partial charge >= 0.3 is 5.97 Å². The summed E-state index contributed by atoms with van der Waals surface area (Å²) in [7, 11) is 2.25. The van der Waals surface area contributed by atoms with Gasteiger partial charge in [-0.25, -0.2) is 9.78 Å². The Labute approximate surface area is 164 Å². The zero-order valence-corrected chi connectivity index (χ0v) is 16.4. The highest BCUT2D eigenvalue weighted by atomic mass is 16.5. The number of hydrogen-bond donors (Lipinski definition) is 1. The number of nitrogens with one attached hydrogen (secondary N) is 1. The Kier molecular flexibility index (Phi) is 4.23. The number of likely N-dealkylation sites (tertiary alicyclic amines) is 1. The Hall–Kier alpha value is -2.60. The van der Waals surface area contributed by atoms with Crippen LogP contribution in [0.5, 0.6) is 0 Å². The molecular formula is C22H26N4O2. The average Bonchev–Trinajstić information content (AvgIpc) is 3.31. The van der Waals surface area contributed by atoms with E-state index < -0.39 is 0 Å². The molecule has 3 heterocycles. The lowest BCUT2D eigenvalue weighted by Gasteiger charge is -2.45. The van der Waals surface area contributed by atoms with Crippen molar-refractivity contribution in [1.82, 2.24) is 19.4 Å². The number of esters is 1. The van der Waals surface area contributed by atoms with Crippen molar-refractivity contribution in [3.8, 4) is 0 Å². The van der Waals surface area contributed by atoms with Crippen LogP contribution in [0.4, 0.5) is 0 Å². The van der Waals surface area contributed by atoms with Gasteiger partial charge in [0.25, 0.3) is 0 Å². The molecule has 0 spiro atoms. The van der Waals surface area contributed by atoms with Crippen LogP contribution in [-0.4, -0.2) is 51.6 Å². The van der Waals surface area contributed by atoms with Crippen LogP contribution in [0.25, 0.3) is 10.9 Å². The quantitative estimate of drug-likeness (QED) is 0.708. The Morgan fingerprint density at radius 2 is 2.29 bits per heavy atom. The minimum atomic E-state index is -0.346. The minimum absolute atomic E-state index is 0.346. The molecule has 2 aliphatic rings. The van der Waals surface area contributed by atoms with E-state index in [1.165, 1.54) is 22.0 Å². The SMILES string of the molecule is CCOC(=O)c1cn(C[C@@H]2C[C@@H]3c4cccc5[nH]cc(c45)C[C@H]3N(C)C2)cn1. The van der Waals surface area contributed by atoms with Crippen LogP contribution in [0.1, 0.15) is 40.9 Å². The number of imidazole rings is 1. The number of benzene rings is 1. The number of aromatic nitrogens is 3. The summed E-state index contributed by atoms with van der Waals surface area (Å²) in [6.07, 6.45) is 8.03. The number of carbonyl (C=O) groups is 1.